The molecule has 0 spiro atoms. The lowest BCUT2D eigenvalue weighted by atomic mass is 10.2. The summed E-state index contributed by atoms with van der Waals surface area (Å²) in [6.45, 7) is 8.58. The number of benzene rings is 1. The minimum absolute atomic E-state index is 0.142. The zero-order chi connectivity index (χ0) is 16.1. The molecule has 1 heterocycles. The van der Waals surface area contributed by atoms with Gasteiger partial charge in [0.05, 0.1) is 12.4 Å². The Morgan fingerprint density at radius 3 is 2.59 bits per heavy atom. The highest BCUT2D eigenvalue weighted by atomic mass is 16.2. The van der Waals surface area contributed by atoms with Gasteiger partial charge in [0.1, 0.15) is 11.5 Å². The Kier molecular flexibility index (Phi) is 5.09. The average molecular weight is 298 g/mol. The van der Waals surface area contributed by atoms with E-state index in [2.05, 4.69) is 15.3 Å². The summed E-state index contributed by atoms with van der Waals surface area (Å²) in [5.74, 6) is 0.529. The van der Waals surface area contributed by atoms with Gasteiger partial charge >= 0.3 is 0 Å². The highest BCUT2D eigenvalue weighted by Crippen LogP contribution is 2.18. The van der Waals surface area contributed by atoms with Crippen LogP contribution in [-0.2, 0) is 0 Å². The van der Waals surface area contributed by atoms with Crippen molar-refractivity contribution in [2.75, 3.05) is 16.8 Å². The van der Waals surface area contributed by atoms with Gasteiger partial charge in [-0.25, -0.2) is 9.97 Å². The summed E-state index contributed by atoms with van der Waals surface area (Å²) < 4.78 is 0. The van der Waals surface area contributed by atoms with Crippen LogP contribution in [0.3, 0.4) is 0 Å². The van der Waals surface area contributed by atoms with Crippen LogP contribution in [0.5, 0.6) is 0 Å². The van der Waals surface area contributed by atoms with Crippen molar-refractivity contribution in [1.82, 2.24) is 9.97 Å². The molecule has 0 aliphatic rings. The molecule has 0 atom stereocenters. The maximum atomic E-state index is 12.6. The average Bonchev–Trinajstić information content (AvgIpc) is 2.48. The SMILES string of the molecule is CCN(C(=O)c1cnc(NC(C)C)cn1)c1cccc(C)c1. The molecule has 0 radical (unpaired) electrons. The van der Waals surface area contributed by atoms with Gasteiger partial charge in [-0.2, -0.15) is 0 Å². The maximum absolute atomic E-state index is 12.6. The van der Waals surface area contributed by atoms with E-state index in [1.807, 2.05) is 52.0 Å². The summed E-state index contributed by atoms with van der Waals surface area (Å²) in [6, 6.07) is 8.14. The topological polar surface area (TPSA) is 58.1 Å². The van der Waals surface area contributed by atoms with Gasteiger partial charge in [-0.1, -0.05) is 12.1 Å². The van der Waals surface area contributed by atoms with Gasteiger partial charge in [-0.3, -0.25) is 4.79 Å². The number of aromatic nitrogens is 2. The molecule has 1 aromatic heterocycles. The van der Waals surface area contributed by atoms with Crippen molar-refractivity contribution in [1.29, 1.82) is 0 Å². The fourth-order valence-electron chi connectivity index (χ4n) is 2.19. The molecule has 1 aromatic carbocycles. The lowest BCUT2D eigenvalue weighted by Gasteiger charge is -2.21. The Morgan fingerprint density at radius 2 is 2.05 bits per heavy atom. The standard InChI is InChI=1S/C17H22N4O/c1-5-21(14-8-6-7-13(4)9-14)17(22)15-10-19-16(11-18-15)20-12(2)3/h6-12H,5H2,1-4H3,(H,19,20). The second-order valence-electron chi connectivity index (χ2n) is 5.47. The van der Waals surface area contributed by atoms with Gasteiger partial charge in [0.25, 0.3) is 5.91 Å². The second-order valence-corrected chi connectivity index (χ2v) is 5.47. The predicted octanol–water partition coefficient (Wildman–Crippen LogP) is 3.27. The Hall–Kier alpha value is -2.43. The Labute approximate surface area is 131 Å². The van der Waals surface area contributed by atoms with Crippen molar-refractivity contribution in [2.45, 2.75) is 33.7 Å². The number of hydrogen-bond acceptors (Lipinski definition) is 4. The number of carbonyl (C=O) groups is 1. The smallest absolute Gasteiger partial charge is 0.278 e. The first kappa shape index (κ1) is 15.9. The number of rotatable bonds is 5. The zero-order valence-electron chi connectivity index (χ0n) is 13.5. The van der Waals surface area contributed by atoms with Crippen LogP contribution >= 0.6 is 0 Å². The summed E-state index contributed by atoms with van der Waals surface area (Å²) in [4.78, 5) is 22.8. The van der Waals surface area contributed by atoms with Gasteiger partial charge < -0.3 is 10.2 Å². The van der Waals surface area contributed by atoms with Gasteiger partial charge in [0.2, 0.25) is 0 Å². The van der Waals surface area contributed by atoms with E-state index in [4.69, 9.17) is 0 Å². The minimum Gasteiger partial charge on any atom is -0.367 e. The molecule has 1 amide bonds. The molecule has 0 aliphatic carbocycles. The van der Waals surface area contributed by atoms with Crippen LogP contribution in [0.25, 0.3) is 0 Å². The largest absolute Gasteiger partial charge is 0.367 e. The highest BCUT2D eigenvalue weighted by Gasteiger charge is 2.18. The van der Waals surface area contributed by atoms with E-state index in [0.29, 0.717) is 18.1 Å². The number of amides is 1. The van der Waals surface area contributed by atoms with E-state index in [1.165, 1.54) is 6.20 Å². The first-order valence-corrected chi connectivity index (χ1v) is 7.48. The third-order valence-corrected chi connectivity index (χ3v) is 3.18. The zero-order valence-corrected chi connectivity index (χ0v) is 13.5. The molecule has 0 fully saturated rings. The van der Waals surface area contributed by atoms with Gasteiger partial charge in [-0.15, -0.1) is 0 Å². The van der Waals surface area contributed by atoms with Gasteiger partial charge in [-0.05, 0) is 45.4 Å². The quantitative estimate of drug-likeness (QED) is 0.920. The monoisotopic (exact) mass is 298 g/mol. The number of aryl methyl sites for hydroxylation is 1. The van der Waals surface area contributed by atoms with Crippen LogP contribution in [0.2, 0.25) is 0 Å². The van der Waals surface area contributed by atoms with Crippen LogP contribution in [0.15, 0.2) is 36.7 Å². The summed E-state index contributed by atoms with van der Waals surface area (Å²) in [5.41, 5.74) is 2.34. The third kappa shape index (κ3) is 3.81. The summed E-state index contributed by atoms with van der Waals surface area (Å²) in [6.07, 6.45) is 3.11. The van der Waals surface area contributed by atoms with Crippen molar-refractivity contribution < 1.29 is 4.79 Å². The molecule has 0 unspecified atom stereocenters. The molecule has 2 aromatic rings. The van der Waals surface area contributed by atoms with E-state index >= 15 is 0 Å². The van der Waals surface area contributed by atoms with Crippen molar-refractivity contribution in [3.63, 3.8) is 0 Å². The molecule has 0 saturated heterocycles. The molecule has 22 heavy (non-hydrogen) atoms. The number of nitrogens with zero attached hydrogens (tertiary/aromatic N) is 3. The molecule has 5 nitrogen and oxygen atoms in total. The van der Waals surface area contributed by atoms with Crippen molar-refractivity contribution in [2.24, 2.45) is 0 Å². The Morgan fingerprint density at radius 1 is 1.27 bits per heavy atom. The van der Waals surface area contributed by atoms with Crippen LogP contribution in [0.1, 0.15) is 36.8 Å². The first-order chi connectivity index (χ1) is 10.5. The minimum atomic E-state index is -0.142. The molecule has 2 rings (SSSR count). The normalized spacial score (nSPS) is 10.6. The van der Waals surface area contributed by atoms with E-state index in [9.17, 15) is 4.79 Å². The molecule has 0 bridgehead atoms. The number of nitrogens with one attached hydrogen (secondary N) is 1. The summed E-state index contributed by atoms with van der Waals surface area (Å²) in [7, 11) is 0. The van der Waals surface area contributed by atoms with Crippen molar-refractivity contribution in [3.05, 3.63) is 47.9 Å². The summed E-state index contributed by atoms with van der Waals surface area (Å²) in [5, 5.41) is 3.15. The van der Waals surface area contributed by atoms with Crippen LogP contribution in [0.4, 0.5) is 11.5 Å². The van der Waals surface area contributed by atoms with Crippen LogP contribution < -0.4 is 10.2 Å². The molecule has 116 valence electrons. The molecule has 5 heteroatoms. The van der Waals surface area contributed by atoms with Crippen molar-refractivity contribution >= 4 is 17.4 Å². The van der Waals surface area contributed by atoms with E-state index in [-0.39, 0.29) is 11.9 Å². The predicted molar refractivity (Wildman–Crippen MR) is 89.3 cm³/mol. The van der Waals surface area contributed by atoms with Gasteiger partial charge in [0, 0.05) is 18.3 Å². The lowest BCUT2D eigenvalue weighted by Crippen LogP contribution is -2.31. The van der Waals surface area contributed by atoms with E-state index in [0.717, 1.165) is 11.3 Å². The second kappa shape index (κ2) is 7.02. The highest BCUT2D eigenvalue weighted by molar-refractivity contribution is 6.04. The molecule has 0 saturated carbocycles. The number of carbonyl (C=O) groups excluding carboxylic acids is 1. The fourth-order valence-corrected chi connectivity index (χ4v) is 2.19. The first-order valence-electron chi connectivity index (χ1n) is 7.48. The van der Waals surface area contributed by atoms with Crippen molar-refractivity contribution in [3.8, 4) is 0 Å². The number of anilines is 2. The molecular formula is C17H22N4O. The third-order valence-electron chi connectivity index (χ3n) is 3.18. The maximum Gasteiger partial charge on any atom is 0.278 e. The van der Waals surface area contributed by atoms with Crippen LogP contribution in [0, 0.1) is 6.92 Å². The lowest BCUT2D eigenvalue weighted by molar-refractivity contribution is 0.0983. The molecule has 0 aliphatic heterocycles. The fraction of sp³-hybridized carbons (Fsp3) is 0.353. The van der Waals surface area contributed by atoms with E-state index in [1.54, 1.807) is 11.1 Å². The van der Waals surface area contributed by atoms with Gasteiger partial charge in [0.15, 0.2) is 0 Å². The molecule has 1 N–H and O–H groups in total. The Balaban J connectivity index is 2.21. The summed E-state index contributed by atoms with van der Waals surface area (Å²) >= 11 is 0. The molecular weight excluding hydrogens is 276 g/mol. The Bertz CT molecular complexity index is 637. The van der Waals surface area contributed by atoms with E-state index < -0.39 is 0 Å². The number of hydrogen-bond donors (Lipinski definition) is 1. The van der Waals surface area contributed by atoms with Crippen LogP contribution in [-0.4, -0.2) is 28.5 Å².